The number of anilines is 1. The predicted molar refractivity (Wildman–Crippen MR) is 101 cm³/mol. The molecule has 2 heterocycles. The van der Waals surface area contributed by atoms with E-state index < -0.39 is 0 Å². The molecular weight excluding hydrogens is 350 g/mol. The van der Waals surface area contributed by atoms with Gasteiger partial charge in [-0.25, -0.2) is 4.79 Å². The molecule has 0 saturated carbocycles. The van der Waals surface area contributed by atoms with Crippen LogP contribution in [0.5, 0.6) is 0 Å². The highest BCUT2D eigenvalue weighted by Crippen LogP contribution is 2.28. The molecule has 2 amide bonds. The summed E-state index contributed by atoms with van der Waals surface area (Å²) >= 11 is 6.11. The fraction of sp³-hybridized carbons (Fsp3) is 0.211. The molecule has 3 aromatic rings. The van der Waals surface area contributed by atoms with E-state index in [1.807, 2.05) is 60.0 Å². The van der Waals surface area contributed by atoms with Gasteiger partial charge in [0.1, 0.15) is 6.33 Å². The molecule has 0 bridgehead atoms. The van der Waals surface area contributed by atoms with E-state index in [9.17, 15) is 4.79 Å². The Hall–Kier alpha value is -2.86. The lowest BCUT2D eigenvalue weighted by atomic mass is 10.1. The second-order valence-corrected chi connectivity index (χ2v) is 6.74. The molecule has 7 heteroatoms. The Bertz CT molecular complexity index is 934. The number of amides is 2. The summed E-state index contributed by atoms with van der Waals surface area (Å²) < 4.78 is 2.03. The van der Waals surface area contributed by atoms with Crippen LogP contribution in [0.15, 0.2) is 54.9 Å². The maximum Gasteiger partial charge on any atom is 0.321 e. The van der Waals surface area contributed by atoms with Crippen LogP contribution in [-0.2, 0) is 0 Å². The van der Waals surface area contributed by atoms with Gasteiger partial charge in [-0.3, -0.25) is 0 Å². The average molecular weight is 368 g/mol. The molecule has 1 aliphatic heterocycles. The normalized spacial score (nSPS) is 14.2. The van der Waals surface area contributed by atoms with Crippen LogP contribution >= 0.6 is 11.6 Å². The third-order valence-corrected chi connectivity index (χ3v) is 5.07. The van der Waals surface area contributed by atoms with E-state index in [4.69, 9.17) is 11.6 Å². The Labute approximate surface area is 156 Å². The molecule has 1 aliphatic rings. The molecule has 1 aromatic heterocycles. The first-order valence-electron chi connectivity index (χ1n) is 8.39. The smallest absolute Gasteiger partial charge is 0.320 e. The van der Waals surface area contributed by atoms with E-state index >= 15 is 0 Å². The van der Waals surface area contributed by atoms with Crippen LogP contribution in [0.1, 0.15) is 11.6 Å². The van der Waals surface area contributed by atoms with Gasteiger partial charge in [0.15, 0.2) is 5.82 Å². The number of hydrogen-bond donors (Lipinski definition) is 1. The van der Waals surface area contributed by atoms with Crippen LogP contribution in [-0.4, -0.2) is 38.8 Å². The maximum absolute atomic E-state index is 12.5. The van der Waals surface area contributed by atoms with Crippen molar-refractivity contribution in [2.45, 2.75) is 13.0 Å². The first kappa shape index (κ1) is 16.6. The Balaban J connectivity index is 1.43. The van der Waals surface area contributed by atoms with Crippen molar-refractivity contribution < 1.29 is 4.79 Å². The molecule has 4 rings (SSSR count). The van der Waals surface area contributed by atoms with Crippen molar-refractivity contribution in [2.75, 3.05) is 18.4 Å². The van der Waals surface area contributed by atoms with Crippen LogP contribution < -0.4 is 5.32 Å². The van der Waals surface area contributed by atoms with E-state index in [0.29, 0.717) is 18.1 Å². The largest absolute Gasteiger partial charge is 0.321 e. The van der Waals surface area contributed by atoms with Crippen LogP contribution in [0.2, 0.25) is 5.02 Å². The summed E-state index contributed by atoms with van der Waals surface area (Å²) in [5.41, 5.74) is 2.62. The van der Waals surface area contributed by atoms with Crippen LogP contribution in [0.25, 0.3) is 11.4 Å². The first-order valence-corrected chi connectivity index (χ1v) is 8.77. The zero-order chi connectivity index (χ0) is 18.1. The minimum Gasteiger partial charge on any atom is -0.320 e. The highest BCUT2D eigenvalue weighted by molar-refractivity contribution is 6.31. The standard InChI is InChI=1S/C19H18ClN5O/c1-13-16(20)8-5-9-17(13)22-19(26)24-10-15(11-24)25-12-21-23-18(25)14-6-3-2-4-7-14/h2-9,12,15H,10-11H2,1H3,(H,22,26). The average Bonchev–Trinajstić information content (AvgIpc) is 3.08. The van der Waals surface area contributed by atoms with E-state index in [-0.39, 0.29) is 12.1 Å². The number of rotatable bonds is 3. The maximum atomic E-state index is 12.5. The quantitative estimate of drug-likeness (QED) is 0.761. The molecule has 26 heavy (non-hydrogen) atoms. The number of carbonyl (C=O) groups excluding carboxylic acids is 1. The predicted octanol–water partition coefficient (Wildman–Crippen LogP) is 4.00. The number of urea groups is 1. The zero-order valence-electron chi connectivity index (χ0n) is 14.3. The molecule has 1 saturated heterocycles. The summed E-state index contributed by atoms with van der Waals surface area (Å²) in [6.07, 6.45) is 1.73. The van der Waals surface area contributed by atoms with Gasteiger partial charge in [0, 0.05) is 29.4 Å². The van der Waals surface area contributed by atoms with Gasteiger partial charge in [0.2, 0.25) is 0 Å². The van der Waals surface area contributed by atoms with Gasteiger partial charge in [0.05, 0.1) is 6.04 Å². The van der Waals surface area contributed by atoms with Gasteiger partial charge in [-0.2, -0.15) is 0 Å². The van der Waals surface area contributed by atoms with Crippen LogP contribution in [0.3, 0.4) is 0 Å². The Morgan fingerprint density at radius 3 is 2.69 bits per heavy atom. The van der Waals surface area contributed by atoms with Crippen LogP contribution in [0.4, 0.5) is 10.5 Å². The van der Waals surface area contributed by atoms with Crippen molar-refractivity contribution in [1.29, 1.82) is 0 Å². The molecule has 132 valence electrons. The fourth-order valence-corrected chi connectivity index (χ4v) is 3.21. The molecular formula is C19H18ClN5O. The number of nitrogens with one attached hydrogen (secondary N) is 1. The Morgan fingerprint density at radius 2 is 1.92 bits per heavy atom. The summed E-state index contributed by atoms with van der Waals surface area (Å²) in [4.78, 5) is 14.2. The molecule has 0 unspecified atom stereocenters. The van der Waals surface area contributed by atoms with Crippen molar-refractivity contribution in [3.05, 3.63) is 65.4 Å². The second kappa shape index (κ2) is 6.80. The summed E-state index contributed by atoms with van der Waals surface area (Å²) in [6.45, 7) is 3.12. The van der Waals surface area contributed by atoms with Gasteiger partial charge in [-0.15, -0.1) is 10.2 Å². The molecule has 2 aromatic carbocycles. The van der Waals surface area contributed by atoms with Crippen molar-refractivity contribution in [3.63, 3.8) is 0 Å². The molecule has 1 fully saturated rings. The fourth-order valence-electron chi connectivity index (χ4n) is 3.04. The summed E-state index contributed by atoms with van der Waals surface area (Å²) in [5, 5.41) is 11.8. The molecule has 0 atom stereocenters. The molecule has 0 radical (unpaired) electrons. The minimum absolute atomic E-state index is 0.124. The van der Waals surface area contributed by atoms with E-state index in [2.05, 4.69) is 15.5 Å². The molecule has 0 spiro atoms. The lowest BCUT2D eigenvalue weighted by Crippen LogP contribution is -2.52. The number of aromatic nitrogens is 3. The number of halogens is 1. The SMILES string of the molecule is Cc1c(Cl)cccc1NC(=O)N1CC(n2cnnc2-c2ccccc2)C1. The number of hydrogen-bond acceptors (Lipinski definition) is 3. The van der Waals surface area contributed by atoms with Gasteiger partial charge in [0.25, 0.3) is 0 Å². The lowest BCUT2D eigenvalue weighted by molar-refractivity contribution is 0.136. The van der Waals surface area contributed by atoms with Crippen molar-refractivity contribution in [3.8, 4) is 11.4 Å². The molecule has 1 N–H and O–H groups in total. The number of likely N-dealkylation sites (tertiary alicyclic amines) is 1. The second-order valence-electron chi connectivity index (χ2n) is 6.33. The molecule has 6 nitrogen and oxygen atoms in total. The Morgan fingerprint density at radius 1 is 1.15 bits per heavy atom. The summed E-state index contributed by atoms with van der Waals surface area (Å²) in [5.74, 6) is 0.821. The Kier molecular flexibility index (Phi) is 4.34. The topological polar surface area (TPSA) is 63.1 Å². The zero-order valence-corrected chi connectivity index (χ0v) is 15.0. The van der Waals surface area contributed by atoms with Crippen molar-refractivity contribution in [1.82, 2.24) is 19.7 Å². The van der Waals surface area contributed by atoms with Gasteiger partial charge >= 0.3 is 6.03 Å². The van der Waals surface area contributed by atoms with E-state index in [0.717, 1.165) is 22.6 Å². The minimum atomic E-state index is -0.124. The molecule has 0 aliphatic carbocycles. The highest BCUT2D eigenvalue weighted by Gasteiger charge is 2.33. The monoisotopic (exact) mass is 367 g/mol. The highest BCUT2D eigenvalue weighted by atomic mass is 35.5. The third-order valence-electron chi connectivity index (χ3n) is 4.66. The summed E-state index contributed by atoms with van der Waals surface area (Å²) in [6, 6.07) is 15.5. The van der Waals surface area contributed by atoms with Crippen LogP contribution in [0, 0.1) is 6.92 Å². The van der Waals surface area contributed by atoms with Gasteiger partial charge < -0.3 is 14.8 Å². The summed E-state index contributed by atoms with van der Waals surface area (Å²) in [7, 11) is 0. The number of carbonyl (C=O) groups is 1. The van der Waals surface area contributed by atoms with Crippen molar-refractivity contribution >= 4 is 23.3 Å². The third kappa shape index (κ3) is 3.04. The van der Waals surface area contributed by atoms with Gasteiger partial charge in [-0.1, -0.05) is 48.0 Å². The lowest BCUT2D eigenvalue weighted by Gasteiger charge is -2.40. The first-order chi connectivity index (χ1) is 12.6. The number of nitrogens with zero attached hydrogens (tertiary/aromatic N) is 4. The van der Waals surface area contributed by atoms with E-state index in [1.54, 1.807) is 11.2 Å². The number of benzene rings is 2. The van der Waals surface area contributed by atoms with E-state index in [1.165, 1.54) is 0 Å². The van der Waals surface area contributed by atoms with Gasteiger partial charge in [-0.05, 0) is 24.6 Å². The van der Waals surface area contributed by atoms with Crippen molar-refractivity contribution in [2.24, 2.45) is 0 Å².